The average molecular weight is 270 g/mol. The van der Waals surface area contributed by atoms with Gasteiger partial charge in [-0.15, -0.1) is 0 Å². The van der Waals surface area contributed by atoms with Gasteiger partial charge in [0.15, 0.2) is 5.75 Å². The molecule has 0 N–H and O–H groups in total. The van der Waals surface area contributed by atoms with Crippen LogP contribution in [-0.2, 0) is 10.1 Å². The molecule has 0 radical (unpaired) electrons. The summed E-state index contributed by atoms with van der Waals surface area (Å²) in [6.45, 7) is 0. The van der Waals surface area contributed by atoms with Gasteiger partial charge in [0.2, 0.25) is 0 Å². The number of hydrogen-bond acceptors (Lipinski definition) is 6. The average Bonchev–Trinajstić information content (AvgIpc) is 2.15. The molecular formula is C7H3F3NO5S-. The SMILES string of the molecule is O=C([O-])c1ncccc1OS(=O)(=O)C(F)(F)F. The smallest absolute Gasteiger partial charge is 0.534 e. The highest BCUT2D eigenvalue weighted by Gasteiger charge is 2.48. The van der Waals surface area contributed by atoms with Gasteiger partial charge in [0.05, 0.1) is 5.97 Å². The van der Waals surface area contributed by atoms with E-state index >= 15 is 0 Å². The number of alkyl halides is 3. The summed E-state index contributed by atoms with van der Waals surface area (Å²) in [5.74, 6) is -3.03. The third-order valence-corrected chi connectivity index (χ3v) is 2.41. The van der Waals surface area contributed by atoms with E-state index in [0.29, 0.717) is 6.07 Å². The largest absolute Gasteiger partial charge is 0.543 e. The predicted molar refractivity (Wildman–Crippen MR) is 44.2 cm³/mol. The molecule has 17 heavy (non-hydrogen) atoms. The molecule has 0 aromatic carbocycles. The Hall–Kier alpha value is -1.84. The highest BCUT2D eigenvalue weighted by molar-refractivity contribution is 7.88. The van der Waals surface area contributed by atoms with Gasteiger partial charge in [-0.1, -0.05) is 0 Å². The molecule has 1 rings (SSSR count). The molecule has 0 saturated heterocycles. The minimum Gasteiger partial charge on any atom is -0.543 e. The summed E-state index contributed by atoms with van der Waals surface area (Å²) in [5.41, 5.74) is -6.70. The van der Waals surface area contributed by atoms with Crippen LogP contribution in [0.4, 0.5) is 13.2 Å². The minimum absolute atomic E-state index is 0.710. The second-order valence-corrected chi connectivity index (χ2v) is 4.16. The number of rotatable bonds is 3. The number of carbonyl (C=O) groups excluding carboxylic acids is 1. The van der Waals surface area contributed by atoms with Gasteiger partial charge < -0.3 is 14.1 Å². The second kappa shape index (κ2) is 4.20. The quantitative estimate of drug-likeness (QED) is 0.551. The fourth-order valence-corrected chi connectivity index (χ4v) is 1.24. The van der Waals surface area contributed by atoms with Gasteiger partial charge >= 0.3 is 15.6 Å². The fourth-order valence-electron chi connectivity index (χ4n) is 0.777. The van der Waals surface area contributed by atoms with Crippen molar-refractivity contribution in [2.75, 3.05) is 0 Å². The van der Waals surface area contributed by atoms with Crippen molar-refractivity contribution in [1.29, 1.82) is 0 Å². The molecule has 10 heteroatoms. The first-order valence-electron chi connectivity index (χ1n) is 3.82. The standard InChI is InChI=1S/C7H4F3NO5S/c8-7(9,10)17(14,15)16-4-2-1-3-11-5(4)6(12)13/h1-3H,(H,12,13)/p-1. The molecular weight excluding hydrogens is 267 g/mol. The van der Waals surface area contributed by atoms with Crippen molar-refractivity contribution in [2.45, 2.75) is 5.51 Å². The van der Waals surface area contributed by atoms with E-state index in [2.05, 4.69) is 9.17 Å². The maximum absolute atomic E-state index is 12.0. The molecule has 0 fully saturated rings. The Morgan fingerprint density at radius 2 is 2.00 bits per heavy atom. The van der Waals surface area contributed by atoms with Crippen molar-refractivity contribution < 1.29 is 35.7 Å². The van der Waals surface area contributed by atoms with Crippen molar-refractivity contribution >= 4 is 16.1 Å². The molecule has 0 bridgehead atoms. The molecule has 6 nitrogen and oxygen atoms in total. The molecule has 0 spiro atoms. The molecule has 0 amide bonds. The van der Waals surface area contributed by atoms with Crippen molar-refractivity contribution in [3.8, 4) is 5.75 Å². The van der Waals surface area contributed by atoms with E-state index in [-0.39, 0.29) is 0 Å². The number of carboxylic acid groups (broad SMARTS) is 1. The Morgan fingerprint density at radius 1 is 1.41 bits per heavy atom. The van der Waals surface area contributed by atoms with Crippen molar-refractivity contribution in [3.63, 3.8) is 0 Å². The molecule has 0 saturated carbocycles. The van der Waals surface area contributed by atoms with Crippen LogP contribution in [0.15, 0.2) is 18.3 Å². The summed E-state index contributed by atoms with van der Waals surface area (Å²) in [6, 6.07) is 1.72. The second-order valence-electron chi connectivity index (χ2n) is 2.62. The van der Waals surface area contributed by atoms with E-state index in [4.69, 9.17) is 0 Å². The van der Waals surface area contributed by atoms with Crippen LogP contribution in [-0.4, -0.2) is 24.9 Å². The van der Waals surface area contributed by atoms with E-state index in [1.807, 2.05) is 0 Å². The van der Waals surface area contributed by atoms with Gasteiger partial charge in [-0.2, -0.15) is 21.6 Å². The lowest BCUT2D eigenvalue weighted by molar-refractivity contribution is -0.255. The lowest BCUT2D eigenvalue weighted by Crippen LogP contribution is -2.30. The van der Waals surface area contributed by atoms with Gasteiger partial charge in [-0.3, -0.25) is 4.98 Å². The van der Waals surface area contributed by atoms with Crippen LogP contribution in [0.1, 0.15) is 10.5 Å². The first kappa shape index (κ1) is 13.2. The zero-order valence-corrected chi connectivity index (χ0v) is 8.58. The van der Waals surface area contributed by atoms with Gasteiger partial charge in [0.1, 0.15) is 5.69 Å². The number of nitrogens with zero attached hydrogens (tertiary/aromatic N) is 1. The molecule has 0 aliphatic carbocycles. The molecule has 0 aliphatic rings. The summed E-state index contributed by atoms with van der Waals surface area (Å²) in [4.78, 5) is 13.6. The summed E-state index contributed by atoms with van der Waals surface area (Å²) in [5, 5.41) is 10.4. The van der Waals surface area contributed by atoms with Gasteiger partial charge in [-0.25, -0.2) is 0 Å². The summed E-state index contributed by atoms with van der Waals surface area (Å²) in [7, 11) is -5.94. The molecule has 1 aromatic rings. The number of aromatic carboxylic acids is 1. The minimum atomic E-state index is -5.94. The lowest BCUT2D eigenvalue weighted by Gasteiger charge is -2.12. The van der Waals surface area contributed by atoms with Crippen molar-refractivity contribution in [2.24, 2.45) is 0 Å². The zero-order chi connectivity index (χ0) is 13.3. The molecule has 94 valence electrons. The lowest BCUT2D eigenvalue weighted by atomic mass is 10.3. The topological polar surface area (TPSA) is 96.4 Å². The third-order valence-electron chi connectivity index (χ3n) is 1.45. The monoisotopic (exact) mass is 270 g/mol. The fraction of sp³-hybridized carbons (Fsp3) is 0.143. The van der Waals surface area contributed by atoms with Crippen LogP contribution in [0.5, 0.6) is 5.75 Å². The molecule has 1 heterocycles. The van der Waals surface area contributed by atoms with E-state index < -0.39 is 33.0 Å². The predicted octanol–water partition coefficient (Wildman–Crippen LogP) is -0.327. The van der Waals surface area contributed by atoms with Gasteiger partial charge in [0, 0.05) is 6.20 Å². The van der Waals surface area contributed by atoms with Crippen LogP contribution in [0.2, 0.25) is 0 Å². The molecule has 0 unspecified atom stereocenters. The Bertz CT molecular complexity index is 539. The summed E-state index contributed by atoms with van der Waals surface area (Å²) < 4.78 is 60.7. The Kier molecular flexibility index (Phi) is 3.27. The number of hydrogen-bond donors (Lipinski definition) is 0. The Labute approximate surface area is 92.8 Å². The normalized spacial score (nSPS) is 12.2. The number of carbonyl (C=O) groups is 1. The van der Waals surface area contributed by atoms with E-state index in [9.17, 15) is 31.5 Å². The summed E-state index contributed by atoms with van der Waals surface area (Å²) in [6.07, 6.45) is 0.929. The van der Waals surface area contributed by atoms with Crippen LogP contribution in [0.3, 0.4) is 0 Å². The zero-order valence-electron chi connectivity index (χ0n) is 7.76. The Morgan fingerprint density at radius 3 is 2.47 bits per heavy atom. The maximum Gasteiger partial charge on any atom is 0.534 e. The molecule has 0 atom stereocenters. The molecule has 0 aliphatic heterocycles. The van der Waals surface area contributed by atoms with Gasteiger partial charge in [-0.05, 0) is 12.1 Å². The van der Waals surface area contributed by atoms with E-state index in [1.165, 1.54) is 0 Å². The van der Waals surface area contributed by atoms with Crippen molar-refractivity contribution in [1.82, 2.24) is 4.98 Å². The van der Waals surface area contributed by atoms with Crippen molar-refractivity contribution in [3.05, 3.63) is 24.0 Å². The molecule has 1 aromatic heterocycles. The number of pyridine rings is 1. The highest BCUT2D eigenvalue weighted by Crippen LogP contribution is 2.27. The Balaban J connectivity index is 3.18. The van der Waals surface area contributed by atoms with Crippen LogP contribution in [0.25, 0.3) is 0 Å². The number of halogens is 3. The van der Waals surface area contributed by atoms with Gasteiger partial charge in [0.25, 0.3) is 0 Å². The third kappa shape index (κ3) is 2.84. The highest BCUT2D eigenvalue weighted by atomic mass is 32.2. The van der Waals surface area contributed by atoms with E-state index in [0.717, 1.165) is 12.3 Å². The number of aromatic nitrogens is 1. The first-order chi connectivity index (χ1) is 7.65. The van der Waals surface area contributed by atoms with E-state index in [1.54, 1.807) is 0 Å². The van der Waals surface area contributed by atoms with Crippen LogP contribution >= 0.6 is 0 Å². The summed E-state index contributed by atoms with van der Waals surface area (Å²) >= 11 is 0. The maximum atomic E-state index is 12.0. The van der Waals surface area contributed by atoms with Crippen LogP contribution in [0, 0.1) is 0 Å². The number of carboxylic acids is 1. The van der Waals surface area contributed by atoms with Crippen LogP contribution < -0.4 is 9.29 Å². The first-order valence-corrected chi connectivity index (χ1v) is 5.23.